The Kier molecular flexibility index (Phi) is 6.72. The van der Waals surface area contributed by atoms with Gasteiger partial charge in [0, 0.05) is 51.5 Å². The number of hydrogen-bond donors (Lipinski definition) is 2. The fraction of sp³-hybridized carbons (Fsp3) is 0.350. The molecule has 2 N–H and O–H groups in total. The van der Waals surface area contributed by atoms with Crippen molar-refractivity contribution in [1.82, 2.24) is 20.2 Å². The van der Waals surface area contributed by atoms with E-state index in [9.17, 15) is 14.4 Å². The van der Waals surface area contributed by atoms with Crippen LogP contribution in [-0.2, 0) is 16.0 Å². The van der Waals surface area contributed by atoms with E-state index in [1.54, 1.807) is 41.6 Å². The molecule has 0 saturated carbocycles. The van der Waals surface area contributed by atoms with E-state index in [-0.39, 0.29) is 36.8 Å². The number of carboxylic acid groups (broad SMARTS) is 1. The SMILES string of the molecule is O=C(Cc1ccccc1C(=O)O)NCCC(=O)N1CCN(c2ncccn2)CC1. The fourth-order valence-electron chi connectivity index (χ4n) is 3.20. The minimum absolute atomic E-state index is 0.0233. The Labute approximate surface area is 168 Å². The Morgan fingerprint density at radius 1 is 1.00 bits per heavy atom. The van der Waals surface area contributed by atoms with Crippen LogP contribution in [0.2, 0.25) is 0 Å². The highest BCUT2D eigenvalue weighted by molar-refractivity contribution is 5.91. The van der Waals surface area contributed by atoms with Crippen LogP contribution in [0.25, 0.3) is 0 Å². The number of carbonyl (C=O) groups is 3. The first-order chi connectivity index (χ1) is 14.0. The van der Waals surface area contributed by atoms with Crippen molar-refractivity contribution in [3.63, 3.8) is 0 Å². The maximum Gasteiger partial charge on any atom is 0.335 e. The molecule has 0 atom stereocenters. The highest BCUT2D eigenvalue weighted by atomic mass is 16.4. The smallest absolute Gasteiger partial charge is 0.335 e. The van der Waals surface area contributed by atoms with Gasteiger partial charge in [-0.3, -0.25) is 9.59 Å². The van der Waals surface area contributed by atoms with Gasteiger partial charge in [0.25, 0.3) is 0 Å². The topological polar surface area (TPSA) is 116 Å². The summed E-state index contributed by atoms with van der Waals surface area (Å²) in [7, 11) is 0. The van der Waals surface area contributed by atoms with E-state index in [0.717, 1.165) is 0 Å². The first-order valence-corrected chi connectivity index (χ1v) is 9.42. The number of piperazine rings is 1. The average Bonchev–Trinajstić information content (AvgIpc) is 2.74. The molecule has 2 heterocycles. The van der Waals surface area contributed by atoms with Gasteiger partial charge in [-0.1, -0.05) is 18.2 Å². The minimum atomic E-state index is -1.07. The molecule has 1 saturated heterocycles. The molecule has 152 valence electrons. The number of nitrogens with one attached hydrogen (secondary N) is 1. The minimum Gasteiger partial charge on any atom is -0.478 e. The van der Waals surface area contributed by atoms with Gasteiger partial charge in [0.05, 0.1) is 12.0 Å². The van der Waals surface area contributed by atoms with Crippen LogP contribution in [-0.4, -0.2) is 70.5 Å². The summed E-state index contributed by atoms with van der Waals surface area (Å²) in [5, 5.41) is 11.9. The van der Waals surface area contributed by atoms with Crippen LogP contribution in [0.1, 0.15) is 22.3 Å². The molecule has 2 amide bonds. The van der Waals surface area contributed by atoms with E-state index in [1.165, 1.54) is 6.07 Å². The predicted molar refractivity (Wildman–Crippen MR) is 106 cm³/mol. The largest absolute Gasteiger partial charge is 0.478 e. The van der Waals surface area contributed by atoms with Crippen LogP contribution in [0.15, 0.2) is 42.7 Å². The van der Waals surface area contributed by atoms with Crippen molar-refractivity contribution in [2.45, 2.75) is 12.8 Å². The second kappa shape index (κ2) is 9.63. The lowest BCUT2D eigenvalue weighted by atomic mass is 10.0. The molecule has 1 fully saturated rings. The van der Waals surface area contributed by atoms with Crippen molar-refractivity contribution in [3.8, 4) is 0 Å². The van der Waals surface area contributed by atoms with Gasteiger partial charge in [0.15, 0.2) is 0 Å². The zero-order valence-electron chi connectivity index (χ0n) is 16.0. The second-order valence-corrected chi connectivity index (χ2v) is 6.66. The summed E-state index contributed by atoms with van der Waals surface area (Å²) in [5.41, 5.74) is 0.557. The number of carbonyl (C=O) groups excluding carboxylic acids is 2. The third kappa shape index (κ3) is 5.50. The summed E-state index contributed by atoms with van der Waals surface area (Å²) < 4.78 is 0. The molecule has 2 aromatic rings. The molecule has 0 unspecified atom stereocenters. The van der Waals surface area contributed by atoms with E-state index in [0.29, 0.717) is 37.7 Å². The van der Waals surface area contributed by atoms with Crippen LogP contribution in [0.3, 0.4) is 0 Å². The van der Waals surface area contributed by atoms with Crippen LogP contribution in [0.4, 0.5) is 5.95 Å². The number of aromatic nitrogens is 2. The van der Waals surface area contributed by atoms with Crippen LogP contribution in [0.5, 0.6) is 0 Å². The summed E-state index contributed by atoms with van der Waals surface area (Å²) in [6, 6.07) is 8.16. The predicted octanol–water partition coefficient (Wildman–Crippen LogP) is 0.572. The van der Waals surface area contributed by atoms with Crippen molar-refractivity contribution >= 4 is 23.7 Å². The first-order valence-electron chi connectivity index (χ1n) is 9.42. The number of nitrogens with zero attached hydrogens (tertiary/aromatic N) is 4. The summed E-state index contributed by atoms with van der Waals surface area (Å²) in [6.07, 6.45) is 3.55. The zero-order valence-corrected chi connectivity index (χ0v) is 16.0. The van der Waals surface area contributed by atoms with Crippen molar-refractivity contribution < 1.29 is 19.5 Å². The molecular weight excluding hydrogens is 374 g/mol. The third-order valence-electron chi connectivity index (χ3n) is 4.73. The van der Waals surface area contributed by atoms with E-state index >= 15 is 0 Å². The Bertz CT molecular complexity index is 866. The summed E-state index contributed by atoms with van der Waals surface area (Å²) >= 11 is 0. The van der Waals surface area contributed by atoms with Crippen molar-refractivity contribution in [3.05, 3.63) is 53.9 Å². The first kappa shape index (κ1) is 20.2. The molecule has 0 radical (unpaired) electrons. The van der Waals surface area contributed by atoms with Gasteiger partial charge in [0.1, 0.15) is 0 Å². The monoisotopic (exact) mass is 397 g/mol. The lowest BCUT2D eigenvalue weighted by Gasteiger charge is -2.34. The molecule has 9 nitrogen and oxygen atoms in total. The molecule has 9 heteroatoms. The van der Waals surface area contributed by atoms with Gasteiger partial charge in [-0.2, -0.15) is 0 Å². The van der Waals surface area contributed by atoms with Gasteiger partial charge in [-0.15, -0.1) is 0 Å². The number of carboxylic acids is 1. The summed E-state index contributed by atoms with van der Waals surface area (Å²) in [5.74, 6) is -0.737. The molecule has 0 spiro atoms. The van der Waals surface area contributed by atoms with E-state index in [1.807, 2.05) is 4.90 Å². The number of aromatic carboxylic acids is 1. The lowest BCUT2D eigenvalue weighted by molar-refractivity contribution is -0.131. The molecule has 1 aromatic carbocycles. The number of anilines is 1. The van der Waals surface area contributed by atoms with Crippen LogP contribution >= 0.6 is 0 Å². The van der Waals surface area contributed by atoms with Crippen LogP contribution in [0, 0.1) is 0 Å². The number of amides is 2. The number of rotatable bonds is 7. The fourth-order valence-corrected chi connectivity index (χ4v) is 3.20. The highest BCUT2D eigenvalue weighted by Crippen LogP contribution is 2.11. The number of benzene rings is 1. The van der Waals surface area contributed by atoms with E-state index < -0.39 is 5.97 Å². The molecule has 0 aliphatic carbocycles. The molecule has 29 heavy (non-hydrogen) atoms. The molecule has 3 rings (SSSR count). The molecule has 1 aliphatic heterocycles. The van der Waals surface area contributed by atoms with E-state index in [2.05, 4.69) is 15.3 Å². The Balaban J connectivity index is 1.40. The Hall–Kier alpha value is -3.49. The van der Waals surface area contributed by atoms with Gasteiger partial charge in [-0.05, 0) is 17.7 Å². The zero-order chi connectivity index (χ0) is 20.6. The average molecular weight is 397 g/mol. The Morgan fingerprint density at radius 3 is 2.38 bits per heavy atom. The third-order valence-corrected chi connectivity index (χ3v) is 4.73. The van der Waals surface area contributed by atoms with Gasteiger partial charge < -0.3 is 20.2 Å². The highest BCUT2D eigenvalue weighted by Gasteiger charge is 2.22. The van der Waals surface area contributed by atoms with E-state index in [4.69, 9.17) is 5.11 Å². The molecule has 1 aliphatic rings. The summed E-state index contributed by atoms with van der Waals surface area (Å²) in [6.45, 7) is 2.70. The summed E-state index contributed by atoms with van der Waals surface area (Å²) in [4.78, 5) is 47.9. The Morgan fingerprint density at radius 2 is 1.69 bits per heavy atom. The van der Waals surface area contributed by atoms with Crippen molar-refractivity contribution in [2.24, 2.45) is 0 Å². The quantitative estimate of drug-likeness (QED) is 0.702. The van der Waals surface area contributed by atoms with Gasteiger partial charge >= 0.3 is 5.97 Å². The second-order valence-electron chi connectivity index (χ2n) is 6.66. The van der Waals surface area contributed by atoms with Crippen LogP contribution < -0.4 is 10.2 Å². The molecule has 1 aromatic heterocycles. The maximum atomic E-state index is 12.4. The van der Waals surface area contributed by atoms with Gasteiger partial charge in [0.2, 0.25) is 17.8 Å². The molecule has 0 bridgehead atoms. The normalized spacial score (nSPS) is 13.8. The maximum absolute atomic E-state index is 12.4. The van der Waals surface area contributed by atoms with Gasteiger partial charge in [-0.25, -0.2) is 14.8 Å². The molecular formula is C20H23N5O4. The lowest BCUT2D eigenvalue weighted by Crippen LogP contribution is -2.49. The standard InChI is InChI=1S/C20H23N5O4/c26-17(14-15-4-1-2-5-16(15)19(28)29)21-9-6-18(27)24-10-12-25(13-11-24)20-22-7-3-8-23-20/h1-5,7-8H,6,9-14H2,(H,21,26)(H,28,29). The number of hydrogen-bond acceptors (Lipinski definition) is 6. The van der Waals surface area contributed by atoms with Crippen molar-refractivity contribution in [2.75, 3.05) is 37.6 Å². The van der Waals surface area contributed by atoms with Crippen molar-refractivity contribution in [1.29, 1.82) is 0 Å².